The molecule has 2 aromatic heterocycles. The molecule has 1 amide bonds. The number of pyridine rings is 1. The average Bonchev–Trinajstić information content (AvgIpc) is 3.48. The number of carbonyl (C=O) groups is 3. The molecular formula is C39H42N4O7S2. The molecule has 0 bridgehead atoms. The van der Waals surface area contributed by atoms with Gasteiger partial charge in [0.25, 0.3) is 0 Å². The second-order valence-electron chi connectivity index (χ2n) is 14.9. The zero-order valence-corrected chi connectivity index (χ0v) is 31.2. The fourth-order valence-electron chi connectivity index (χ4n) is 9.24. The molecule has 1 aromatic carbocycles. The second-order valence-corrected chi connectivity index (χ2v) is 17.5. The van der Waals surface area contributed by atoms with Gasteiger partial charge in [-0.05, 0) is 69.1 Å². The van der Waals surface area contributed by atoms with Crippen LogP contribution in [0.4, 0.5) is 5.82 Å². The van der Waals surface area contributed by atoms with Gasteiger partial charge in [-0.2, -0.15) is 0 Å². The highest BCUT2D eigenvalue weighted by Gasteiger charge is 2.64. The van der Waals surface area contributed by atoms with Crippen molar-refractivity contribution in [2.24, 2.45) is 11.8 Å². The van der Waals surface area contributed by atoms with Gasteiger partial charge in [0.2, 0.25) is 5.91 Å². The lowest BCUT2D eigenvalue weighted by Gasteiger charge is -2.58. The molecule has 5 aliphatic rings. The first-order valence-electron chi connectivity index (χ1n) is 17.7. The zero-order chi connectivity index (χ0) is 36.5. The summed E-state index contributed by atoms with van der Waals surface area (Å²) in [5, 5.41) is 4.21. The Morgan fingerprint density at radius 2 is 2.04 bits per heavy atom. The number of hydrogen-bond donors (Lipinski definition) is 2. The topological polar surface area (TPSA) is 154 Å². The van der Waals surface area contributed by atoms with E-state index in [1.165, 1.54) is 6.07 Å². The van der Waals surface area contributed by atoms with Crippen LogP contribution in [0.1, 0.15) is 56.2 Å². The van der Waals surface area contributed by atoms with E-state index in [0.717, 1.165) is 33.9 Å². The summed E-state index contributed by atoms with van der Waals surface area (Å²) in [4.78, 5) is 58.8. The van der Waals surface area contributed by atoms with Crippen LogP contribution >= 0.6 is 21.6 Å². The Balaban J connectivity index is 1.28. The number of hydrogen-bond acceptors (Lipinski definition) is 12. The van der Waals surface area contributed by atoms with Gasteiger partial charge < -0.3 is 34.6 Å². The van der Waals surface area contributed by atoms with E-state index in [0.29, 0.717) is 54.3 Å². The molecule has 11 nitrogen and oxygen atoms in total. The van der Waals surface area contributed by atoms with Crippen molar-refractivity contribution in [3.8, 4) is 5.75 Å². The van der Waals surface area contributed by atoms with Crippen LogP contribution in [0.5, 0.6) is 5.75 Å². The minimum atomic E-state index is -1.18. The standard InChI is InChI=1S/C39H42N4O7S2/c1-5-20(2)37(47)50-38(3)9-8-22-19-51-52-30-11-25(18-44)35(41-4)27-17-43(36(27)30)32(45)12-24-16-42-31(40)13-26(24)34(22)39(38)15-23-10-21-6-7-33(46)48-28(21)14-29(23)49-39/h5-8,10,13-14,16,18,25,27,30,34-36,41H,9,11-12,15,17,19H2,1-4H3,(H2,40,42). The lowest BCUT2D eigenvalue weighted by Crippen LogP contribution is -2.72. The zero-order valence-electron chi connectivity index (χ0n) is 29.5. The predicted molar refractivity (Wildman–Crippen MR) is 201 cm³/mol. The minimum Gasteiger partial charge on any atom is -0.481 e. The summed E-state index contributed by atoms with van der Waals surface area (Å²) in [7, 11) is 5.37. The lowest BCUT2D eigenvalue weighted by molar-refractivity contribution is -0.183. The van der Waals surface area contributed by atoms with E-state index in [1.54, 1.807) is 59.8 Å². The Morgan fingerprint density at radius 3 is 2.81 bits per heavy atom. The lowest BCUT2D eigenvalue weighted by atomic mass is 9.61. The predicted octanol–water partition coefficient (Wildman–Crippen LogP) is 4.77. The molecule has 3 aromatic rings. The van der Waals surface area contributed by atoms with Gasteiger partial charge in [-0.25, -0.2) is 14.6 Å². The Bertz CT molecular complexity index is 2120. The van der Waals surface area contributed by atoms with E-state index in [9.17, 15) is 19.2 Å². The van der Waals surface area contributed by atoms with Crippen LogP contribution in [-0.2, 0) is 32.0 Å². The molecule has 1 spiro atoms. The number of ether oxygens (including phenoxy) is 2. The molecule has 2 fully saturated rings. The number of nitrogen functional groups attached to an aromatic ring is 1. The van der Waals surface area contributed by atoms with Gasteiger partial charge in [0.05, 0.1) is 18.4 Å². The molecule has 3 aliphatic heterocycles. The van der Waals surface area contributed by atoms with E-state index in [2.05, 4.69) is 16.4 Å². The molecule has 8 rings (SSSR count). The van der Waals surface area contributed by atoms with Crippen LogP contribution in [0.2, 0.25) is 0 Å². The quantitative estimate of drug-likeness (QED) is 0.0946. The number of allylic oxidation sites excluding steroid dienone is 1. The fraction of sp³-hybridized carbons (Fsp3) is 0.462. The second kappa shape index (κ2) is 13.1. The molecule has 1 saturated heterocycles. The van der Waals surface area contributed by atoms with E-state index >= 15 is 0 Å². The van der Waals surface area contributed by atoms with Crippen molar-refractivity contribution in [2.75, 3.05) is 25.1 Å². The Kier molecular flexibility index (Phi) is 8.81. The van der Waals surface area contributed by atoms with Crippen molar-refractivity contribution in [3.05, 3.63) is 86.9 Å². The highest BCUT2D eigenvalue weighted by molar-refractivity contribution is 8.77. The van der Waals surface area contributed by atoms with Gasteiger partial charge in [0.1, 0.15) is 23.4 Å². The first-order chi connectivity index (χ1) is 25.0. The maximum atomic E-state index is 14.3. The number of aromatic nitrogens is 1. The highest BCUT2D eigenvalue weighted by atomic mass is 33.1. The van der Waals surface area contributed by atoms with Crippen molar-refractivity contribution in [1.82, 2.24) is 15.2 Å². The molecular weight excluding hydrogens is 701 g/mol. The normalized spacial score (nSPS) is 32.5. The SMILES string of the molecule is CC=C(C)C(=O)OC1(C)CC=C2CSSC3CC(C=O)C(NC)C4CN(C(=O)Cc5cnc(N)cc5C2C12Cc1cc5ccc(=O)oc5cc1O2)C34. The van der Waals surface area contributed by atoms with Crippen LogP contribution < -0.4 is 21.4 Å². The third kappa shape index (κ3) is 5.49. The van der Waals surface area contributed by atoms with Crippen LogP contribution in [0.25, 0.3) is 11.0 Å². The molecule has 272 valence electrons. The monoisotopic (exact) mass is 742 g/mol. The molecule has 8 unspecified atom stereocenters. The molecule has 13 heteroatoms. The summed E-state index contributed by atoms with van der Waals surface area (Å²) in [6.07, 6.45) is 8.18. The summed E-state index contributed by atoms with van der Waals surface area (Å²) in [6.45, 7) is 6.03. The Morgan fingerprint density at radius 1 is 1.21 bits per heavy atom. The van der Waals surface area contributed by atoms with Gasteiger partial charge in [-0.15, -0.1) is 0 Å². The third-order valence-electron chi connectivity index (χ3n) is 12.1. The molecule has 2 aliphatic carbocycles. The number of nitrogens with zero attached hydrogens (tertiary/aromatic N) is 2. The number of nitrogens with two attached hydrogens (primary N) is 1. The van der Waals surface area contributed by atoms with Crippen molar-refractivity contribution < 1.29 is 28.3 Å². The largest absolute Gasteiger partial charge is 0.481 e. The minimum absolute atomic E-state index is 0.00478. The highest BCUT2D eigenvalue weighted by Crippen LogP contribution is 2.59. The maximum absolute atomic E-state index is 14.3. The number of nitrogens with one attached hydrogen (secondary N) is 1. The number of amides is 1. The van der Waals surface area contributed by atoms with Gasteiger partial charge in [-0.1, -0.05) is 39.3 Å². The van der Waals surface area contributed by atoms with E-state index in [1.807, 2.05) is 31.0 Å². The number of rotatable bonds is 4. The smallest absolute Gasteiger partial charge is 0.336 e. The number of fused-ring (bicyclic) bond motifs is 6. The number of aldehydes is 1. The molecule has 52 heavy (non-hydrogen) atoms. The third-order valence-corrected chi connectivity index (χ3v) is 14.9. The van der Waals surface area contributed by atoms with Crippen LogP contribution in [-0.4, -0.2) is 75.9 Å². The number of carbonyl (C=O) groups excluding carboxylic acids is 3. The van der Waals surface area contributed by atoms with Crippen molar-refractivity contribution in [1.29, 1.82) is 0 Å². The molecule has 0 radical (unpaired) electrons. The number of esters is 1. The fourth-order valence-corrected chi connectivity index (χ4v) is 12.4. The van der Waals surface area contributed by atoms with Gasteiger partial charge in [-0.3, -0.25) is 4.79 Å². The number of anilines is 1. The first kappa shape index (κ1) is 35.0. The first-order valence-corrected chi connectivity index (χ1v) is 20.1. The summed E-state index contributed by atoms with van der Waals surface area (Å²) in [6, 6.07) is 8.73. The Hall–Kier alpha value is -4.07. The van der Waals surface area contributed by atoms with Gasteiger partial charge in [0, 0.05) is 77.6 Å². The van der Waals surface area contributed by atoms with Crippen molar-refractivity contribution >= 4 is 56.5 Å². The van der Waals surface area contributed by atoms with Gasteiger partial charge in [0.15, 0.2) is 11.2 Å². The summed E-state index contributed by atoms with van der Waals surface area (Å²) in [5.74, 6) is 0.570. The van der Waals surface area contributed by atoms with Crippen LogP contribution in [0.15, 0.2) is 69.0 Å². The van der Waals surface area contributed by atoms with E-state index < -0.39 is 28.7 Å². The molecule has 1 saturated carbocycles. The van der Waals surface area contributed by atoms with Crippen LogP contribution in [0, 0.1) is 11.8 Å². The van der Waals surface area contributed by atoms with Crippen molar-refractivity contribution in [2.45, 2.75) is 80.9 Å². The van der Waals surface area contributed by atoms with E-state index in [-0.39, 0.29) is 41.5 Å². The Labute approximate surface area is 309 Å². The van der Waals surface area contributed by atoms with Crippen LogP contribution in [0.3, 0.4) is 0 Å². The summed E-state index contributed by atoms with van der Waals surface area (Å²) in [5.41, 5.74) is 7.98. The van der Waals surface area contributed by atoms with E-state index in [4.69, 9.17) is 19.6 Å². The van der Waals surface area contributed by atoms with Gasteiger partial charge >= 0.3 is 11.6 Å². The molecule has 5 heterocycles. The summed E-state index contributed by atoms with van der Waals surface area (Å²) < 4.78 is 19.3. The summed E-state index contributed by atoms with van der Waals surface area (Å²) >= 11 is 0. The maximum Gasteiger partial charge on any atom is 0.336 e. The number of benzene rings is 1. The molecule has 3 N–H and O–H groups in total. The van der Waals surface area contributed by atoms with Crippen molar-refractivity contribution in [3.63, 3.8) is 0 Å². The average molecular weight is 743 g/mol. The molecule has 8 atom stereocenters.